The van der Waals surface area contributed by atoms with Crippen molar-refractivity contribution in [1.82, 2.24) is 4.90 Å². The van der Waals surface area contributed by atoms with Crippen LogP contribution < -0.4 is 5.46 Å². The van der Waals surface area contributed by atoms with Crippen molar-refractivity contribution in [1.29, 1.82) is 0 Å². The Bertz CT molecular complexity index is 327. The second-order valence-corrected chi connectivity index (χ2v) is 3.57. The van der Waals surface area contributed by atoms with E-state index in [1.807, 2.05) is 12.1 Å². The van der Waals surface area contributed by atoms with Gasteiger partial charge in [-0.3, -0.25) is 4.90 Å². The molecule has 0 aromatic heterocycles. The van der Waals surface area contributed by atoms with Crippen molar-refractivity contribution in [2.75, 3.05) is 7.05 Å². The maximum atomic E-state index is 8.96. The molecule has 2 rings (SSSR count). The van der Waals surface area contributed by atoms with E-state index in [1.54, 1.807) is 6.07 Å². The highest BCUT2D eigenvalue weighted by Crippen LogP contribution is 2.19. The molecule has 0 aliphatic carbocycles. The third-order valence-corrected chi connectivity index (χ3v) is 2.41. The smallest absolute Gasteiger partial charge is 0.423 e. The summed E-state index contributed by atoms with van der Waals surface area (Å²) in [6, 6.07) is 5.60. The van der Waals surface area contributed by atoms with Gasteiger partial charge in [-0.15, -0.1) is 0 Å². The largest absolute Gasteiger partial charge is 0.488 e. The molecular weight excluding hydrogens is 165 g/mol. The first-order chi connectivity index (χ1) is 6.16. The van der Waals surface area contributed by atoms with Crippen LogP contribution in [-0.4, -0.2) is 29.1 Å². The molecule has 0 spiro atoms. The predicted octanol–water partition coefficient (Wildman–Crippen LogP) is -0.688. The third-order valence-electron chi connectivity index (χ3n) is 2.41. The Kier molecular flexibility index (Phi) is 2.11. The van der Waals surface area contributed by atoms with E-state index in [1.165, 1.54) is 11.1 Å². The SMILES string of the molecule is CN1Cc2ccc(B(O)O)cc2C1. The van der Waals surface area contributed by atoms with E-state index in [0.717, 1.165) is 13.1 Å². The van der Waals surface area contributed by atoms with Crippen LogP contribution in [-0.2, 0) is 13.1 Å². The zero-order valence-electron chi connectivity index (χ0n) is 7.57. The van der Waals surface area contributed by atoms with Crippen LogP contribution in [0.15, 0.2) is 18.2 Å². The summed E-state index contributed by atoms with van der Waals surface area (Å²) in [5, 5.41) is 17.9. The van der Waals surface area contributed by atoms with Gasteiger partial charge in [0.05, 0.1) is 0 Å². The molecule has 0 radical (unpaired) electrons. The number of nitrogens with zero attached hydrogens (tertiary/aromatic N) is 1. The van der Waals surface area contributed by atoms with Crippen LogP contribution in [0.5, 0.6) is 0 Å². The highest BCUT2D eigenvalue weighted by Gasteiger charge is 2.18. The lowest BCUT2D eigenvalue weighted by Crippen LogP contribution is -2.29. The molecule has 1 aromatic carbocycles. The van der Waals surface area contributed by atoms with E-state index < -0.39 is 7.12 Å². The molecule has 0 atom stereocenters. The average Bonchev–Trinajstić information content (AvgIpc) is 2.42. The van der Waals surface area contributed by atoms with Gasteiger partial charge in [-0.25, -0.2) is 0 Å². The van der Waals surface area contributed by atoms with Gasteiger partial charge in [-0.05, 0) is 23.6 Å². The summed E-state index contributed by atoms with van der Waals surface area (Å²) in [5.41, 5.74) is 3.06. The molecule has 1 aromatic rings. The van der Waals surface area contributed by atoms with Crippen LogP contribution in [0.25, 0.3) is 0 Å². The van der Waals surface area contributed by atoms with Crippen molar-refractivity contribution in [3.05, 3.63) is 29.3 Å². The highest BCUT2D eigenvalue weighted by molar-refractivity contribution is 6.58. The van der Waals surface area contributed by atoms with Gasteiger partial charge in [0.2, 0.25) is 0 Å². The Morgan fingerprint density at radius 2 is 1.92 bits per heavy atom. The molecule has 0 amide bonds. The maximum Gasteiger partial charge on any atom is 0.488 e. The minimum absolute atomic E-state index is 0.578. The summed E-state index contributed by atoms with van der Waals surface area (Å²) >= 11 is 0. The van der Waals surface area contributed by atoms with Gasteiger partial charge in [0.1, 0.15) is 0 Å². The van der Waals surface area contributed by atoms with Gasteiger partial charge >= 0.3 is 7.12 Å². The molecule has 0 saturated carbocycles. The average molecular weight is 177 g/mol. The Labute approximate surface area is 77.8 Å². The van der Waals surface area contributed by atoms with Gasteiger partial charge < -0.3 is 10.0 Å². The van der Waals surface area contributed by atoms with E-state index in [0.29, 0.717) is 5.46 Å². The number of hydrogen-bond acceptors (Lipinski definition) is 3. The Balaban J connectivity index is 2.35. The molecule has 0 bridgehead atoms. The fourth-order valence-corrected chi connectivity index (χ4v) is 1.75. The second kappa shape index (κ2) is 3.14. The summed E-state index contributed by atoms with van der Waals surface area (Å²) in [6.07, 6.45) is 0. The van der Waals surface area contributed by atoms with Gasteiger partial charge in [-0.2, -0.15) is 0 Å². The summed E-state index contributed by atoms with van der Waals surface area (Å²) in [5.74, 6) is 0. The minimum atomic E-state index is -1.35. The molecule has 3 nitrogen and oxygen atoms in total. The van der Waals surface area contributed by atoms with Crippen molar-refractivity contribution < 1.29 is 10.0 Å². The molecule has 4 heteroatoms. The van der Waals surface area contributed by atoms with Gasteiger partial charge in [0.25, 0.3) is 0 Å². The number of benzene rings is 1. The van der Waals surface area contributed by atoms with Crippen LogP contribution in [0.1, 0.15) is 11.1 Å². The van der Waals surface area contributed by atoms with Gasteiger partial charge in [0.15, 0.2) is 0 Å². The first-order valence-electron chi connectivity index (χ1n) is 4.33. The number of hydrogen-bond donors (Lipinski definition) is 2. The van der Waals surface area contributed by atoms with Crippen LogP contribution in [0.4, 0.5) is 0 Å². The van der Waals surface area contributed by atoms with Crippen molar-refractivity contribution in [3.8, 4) is 0 Å². The van der Waals surface area contributed by atoms with E-state index in [-0.39, 0.29) is 0 Å². The Morgan fingerprint density at radius 3 is 2.62 bits per heavy atom. The molecule has 1 aliphatic heterocycles. The van der Waals surface area contributed by atoms with E-state index in [2.05, 4.69) is 11.9 Å². The Hall–Kier alpha value is -0.835. The lowest BCUT2D eigenvalue weighted by molar-refractivity contribution is 0.353. The van der Waals surface area contributed by atoms with Crippen molar-refractivity contribution >= 4 is 12.6 Å². The van der Waals surface area contributed by atoms with Crippen molar-refractivity contribution in [3.63, 3.8) is 0 Å². The van der Waals surface area contributed by atoms with Gasteiger partial charge in [-0.1, -0.05) is 18.2 Å². The Morgan fingerprint density at radius 1 is 1.23 bits per heavy atom. The summed E-state index contributed by atoms with van der Waals surface area (Å²) in [4.78, 5) is 2.19. The maximum absolute atomic E-state index is 8.96. The standard InChI is InChI=1S/C9H12BNO2/c1-11-5-7-2-3-9(10(12)13)4-8(7)6-11/h2-4,12-13H,5-6H2,1H3. The summed E-state index contributed by atoms with van der Waals surface area (Å²) in [7, 11) is 0.700. The number of rotatable bonds is 1. The van der Waals surface area contributed by atoms with E-state index >= 15 is 0 Å². The summed E-state index contributed by atoms with van der Waals surface area (Å²) < 4.78 is 0. The quantitative estimate of drug-likeness (QED) is 0.558. The van der Waals surface area contributed by atoms with Crippen LogP contribution in [0.2, 0.25) is 0 Å². The third kappa shape index (κ3) is 1.61. The van der Waals surface area contributed by atoms with Crippen molar-refractivity contribution in [2.24, 2.45) is 0 Å². The fourth-order valence-electron chi connectivity index (χ4n) is 1.75. The molecule has 0 unspecified atom stereocenters. The first kappa shape index (κ1) is 8.75. The lowest BCUT2D eigenvalue weighted by atomic mass is 9.79. The van der Waals surface area contributed by atoms with Gasteiger partial charge in [0, 0.05) is 13.1 Å². The van der Waals surface area contributed by atoms with Crippen molar-refractivity contribution in [2.45, 2.75) is 13.1 Å². The van der Waals surface area contributed by atoms with Crippen LogP contribution in [0, 0.1) is 0 Å². The van der Waals surface area contributed by atoms with E-state index in [9.17, 15) is 0 Å². The highest BCUT2D eigenvalue weighted by atomic mass is 16.4. The molecule has 68 valence electrons. The molecule has 0 fully saturated rings. The monoisotopic (exact) mass is 177 g/mol. The van der Waals surface area contributed by atoms with Crippen LogP contribution >= 0.6 is 0 Å². The van der Waals surface area contributed by atoms with Crippen LogP contribution in [0.3, 0.4) is 0 Å². The molecule has 2 N–H and O–H groups in total. The molecule has 1 heterocycles. The zero-order valence-corrected chi connectivity index (χ0v) is 7.57. The topological polar surface area (TPSA) is 43.7 Å². The summed E-state index contributed by atoms with van der Waals surface area (Å²) in [6.45, 7) is 1.85. The fraction of sp³-hybridized carbons (Fsp3) is 0.333. The molecular formula is C9H12BNO2. The van der Waals surface area contributed by atoms with E-state index in [4.69, 9.17) is 10.0 Å². The molecule has 13 heavy (non-hydrogen) atoms. The first-order valence-corrected chi connectivity index (χ1v) is 4.33. The second-order valence-electron chi connectivity index (χ2n) is 3.57. The molecule has 1 aliphatic rings. The normalized spacial score (nSPS) is 15.9. The zero-order chi connectivity index (χ0) is 9.42. The molecule has 0 saturated heterocycles. The lowest BCUT2D eigenvalue weighted by Gasteiger charge is -2.03. The predicted molar refractivity (Wildman–Crippen MR) is 51.4 cm³/mol. The minimum Gasteiger partial charge on any atom is -0.423 e. The number of fused-ring (bicyclic) bond motifs is 1.